The standard InChI is InChI=1S/C38H57N3O15/c1-2-56-34(44)12-14-49-16-18-51-20-22-53-24-26-55-28-27-54-25-23-52-21-19-50-17-15-48-13-5-3-4-9-32(42)39-30-8-6-7-29-35(30)38(47)41(37(29)46)31-10-11-33(43)40-36(31)45/h6-8,31H,2-5,9-28H2,1H3,(H,39,42)(H,40,43,45). The topological polar surface area (TPSA) is 213 Å². The Labute approximate surface area is 327 Å². The molecule has 2 N–H and O–H groups in total. The fourth-order valence-electron chi connectivity index (χ4n) is 5.53. The van der Waals surface area contributed by atoms with E-state index in [1.165, 1.54) is 6.07 Å². The van der Waals surface area contributed by atoms with E-state index in [1.807, 2.05) is 0 Å². The number of nitrogens with zero attached hydrogens (tertiary/aromatic N) is 1. The molecule has 18 nitrogen and oxygen atoms in total. The van der Waals surface area contributed by atoms with Crippen molar-refractivity contribution in [1.82, 2.24) is 10.2 Å². The van der Waals surface area contributed by atoms with E-state index in [4.69, 9.17) is 42.6 Å². The SMILES string of the molecule is CCOC(=O)CCOCCOCCOCCOCCOCCOCCOCCOCCCCCC(=O)Nc1cccc2c1C(=O)N(C1CCC(=O)NC1=O)C2=O. The Morgan fingerprint density at radius 3 is 1.70 bits per heavy atom. The van der Waals surface area contributed by atoms with E-state index in [-0.39, 0.29) is 54.4 Å². The largest absolute Gasteiger partial charge is 0.466 e. The minimum Gasteiger partial charge on any atom is -0.466 e. The van der Waals surface area contributed by atoms with Gasteiger partial charge in [-0.15, -0.1) is 0 Å². The van der Waals surface area contributed by atoms with Crippen LogP contribution in [0.1, 0.15) is 72.6 Å². The summed E-state index contributed by atoms with van der Waals surface area (Å²) in [6.45, 7) is 9.24. The number of piperidine rings is 1. The van der Waals surface area contributed by atoms with Gasteiger partial charge >= 0.3 is 5.97 Å². The summed E-state index contributed by atoms with van der Waals surface area (Å²) in [7, 11) is 0. The first-order valence-electron chi connectivity index (χ1n) is 19.3. The predicted molar refractivity (Wildman–Crippen MR) is 198 cm³/mol. The molecule has 0 bridgehead atoms. The van der Waals surface area contributed by atoms with E-state index in [1.54, 1.807) is 19.1 Å². The normalized spacial score (nSPS) is 15.3. The lowest BCUT2D eigenvalue weighted by Gasteiger charge is -2.27. The Balaban J connectivity index is 1.04. The highest BCUT2D eigenvalue weighted by Gasteiger charge is 2.45. The average Bonchev–Trinajstić information content (AvgIpc) is 3.43. The minimum atomic E-state index is -1.08. The number of hydrogen-bond acceptors (Lipinski definition) is 15. The van der Waals surface area contributed by atoms with E-state index in [0.717, 1.165) is 17.7 Å². The fraction of sp³-hybridized carbons (Fsp3) is 0.684. The van der Waals surface area contributed by atoms with Crippen LogP contribution in [0.2, 0.25) is 0 Å². The van der Waals surface area contributed by atoms with Crippen molar-refractivity contribution in [3.8, 4) is 0 Å². The van der Waals surface area contributed by atoms with E-state index in [9.17, 15) is 28.8 Å². The molecule has 0 radical (unpaired) electrons. The third-order valence-electron chi connectivity index (χ3n) is 8.29. The van der Waals surface area contributed by atoms with Gasteiger partial charge in [0.15, 0.2) is 0 Å². The first kappa shape index (κ1) is 46.5. The molecule has 0 saturated carbocycles. The number of amides is 5. The van der Waals surface area contributed by atoms with Gasteiger partial charge in [0, 0.05) is 19.4 Å². The maximum absolute atomic E-state index is 13.2. The number of rotatable bonds is 33. The number of carbonyl (C=O) groups excluding carboxylic acids is 6. The summed E-state index contributed by atoms with van der Waals surface area (Å²) < 4.78 is 48.5. The van der Waals surface area contributed by atoms with Crippen molar-refractivity contribution in [3.63, 3.8) is 0 Å². The predicted octanol–water partition coefficient (Wildman–Crippen LogP) is 1.67. The Morgan fingerprint density at radius 1 is 0.661 bits per heavy atom. The Morgan fingerprint density at radius 2 is 1.18 bits per heavy atom. The zero-order chi connectivity index (χ0) is 40.2. The molecular weight excluding hydrogens is 738 g/mol. The fourth-order valence-corrected chi connectivity index (χ4v) is 5.53. The summed E-state index contributed by atoms with van der Waals surface area (Å²) in [6, 6.07) is 3.52. The second kappa shape index (κ2) is 28.5. The van der Waals surface area contributed by atoms with Gasteiger partial charge < -0.3 is 47.9 Å². The molecule has 0 spiro atoms. The van der Waals surface area contributed by atoms with E-state index >= 15 is 0 Å². The van der Waals surface area contributed by atoms with Crippen molar-refractivity contribution in [1.29, 1.82) is 0 Å². The molecule has 2 aliphatic heterocycles. The number of carbonyl (C=O) groups is 6. The van der Waals surface area contributed by atoms with Crippen LogP contribution in [0.4, 0.5) is 5.69 Å². The molecular formula is C38H57N3O15. The second-order valence-electron chi connectivity index (χ2n) is 12.5. The number of fused-ring (bicyclic) bond motifs is 1. The molecule has 2 heterocycles. The molecule has 0 aromatic heterocycles. The summed E-state index contributed by atoms with van der Waals surface area (Å²) >= 11 is 0. The van der Waals surface area contributed by atoms with Gasteiger partial charge in [0.25, 0.3) is 11.8 Å². The molecule has 3 rings (SSSR count). The number of hydrogen-bond donors (Lipinski definition) is 2. The molecule has 1 unspecified atom stereocenters. The van der Waals surface area contributed by atoms with Crippen molar-refractivity contribution in [2.75, 3.05) is 118 Å². The molecule has 2 aliphatic rings. The molecule has 0 aliphatic carbocycles. The quantitative estimate of drug-likeness (QED) is 0.0589. The van der Waals surface area contributed by atoms with Gasteiger partial charge in [-0.2, -0.15) is 0 Å². The number of ether oxygens (including phenoxy) is 9. The number of anilines is 1. The lowest BCUT2D eigenvalue weighted by atomic mass is 10.0. The van der Waals surface area contributed by atoms with Gasteiger partial charge in [-0.1, -0.05) is 12.5 Å². The lowest BCUT2D eigenvalue weighted by molar-refractivity contribution is -0.144. The van der Waals surface area contributed by atoms with Crippen LogP contribution in [0.5, 0.6) is 0 Å². The molecule has 1 saturated heterocycles. The number of imide groups is 2. The van der Waals surface area contributed by atoms with E-state index in [0.29, 0.717) is 119 Å². The number of nitrogens with one attached hydrogen (secondary N) is 2. The van der Waals surface area contributed by atoms with Gasteiger partial charge in [0.1, 0.15) is 6.04 Å². The Bertz CT molecular complexity index is 1380. The minimum absolute atomic E-state index is 0.0264. The summed E-state index contributed by atoms with van der Waals surface area (Å²) in [5.41, 5.74) is 0.374. The van der Waals surface area contributed by atoms with Crippen LogP contribution in [-0.4, -0.2) is 159 Å². The van der Waals surface area contributed by atoms with Crippen LogP contribution < -0.4 is 10.6 Å². The third kappa shape index (κ3) is 17.9. The lowest BCUT2D eigenvalue weighted by Crippen LogP contribution is -2.54. The smallest absolute Gasteiger partial charge is 0.308 e. The molecule has 1 aromatic rings. The maximum atomic E-state index is 13.2. The summed E-state index contributed by atoms with van der Waals surface area (Å²) in [6.07, 6.45) is 2.67. The van der Waals surface area contributed by atoms with Crippen LogP contribution in [0, 0.1) is 0 Å². The van der Waals surface area contributed by atoms with Crippen molar-refractivity contribution >= 4 is 41.2 Å². The second-order valence-corrected chi connectivity index (χ2v) is 12.5. The number of esters is 1. The highest BCUT2D eigenvalue weighted by molar-refractivity contribution is 6.26. The average molecular weight is 796 g/mol. The first-order valence-corrected chi connectivity index (χ1v) is 19.3. The summed E-state index contributed by atoms with van der Waals surface area (Å²) in [4.78, 5) is 74.7. The first-order chi connectivity index (χ1) is 27.3. The number of unbranched alkanes of at least 4 members (excludes halogenated alkanes) is 2. The van der Waals surface area contributed by atoms with Gasteiger partial charge in [0.2, 0.25) is 17.7 Å². The van der Waals surface area contributed by atoms with Crippen LogP contribution >= 0.6 is 0 Å². The van der Waals surface area contributed by atoms with Gasteiger partial charge in [0.05, 0.1) is 129 Å². The molecule has 18 heteroatoms. The van der Waals surface area contributed by atoms with Gasteiger partial charge in [-0.05, 0) is 38.3 Å². The van der Waals surface area contributed by atoms with Crippen molar-refractivity contribution in [2.45, 2.75) is 57.9 Å². The van der Waals surface area contributed by atoms with Crippen LogP contribution in [-0.2, 0) is 61.8 Å². The van der Waals surface area contributed by atoms with Gasteiger partial charge in [-0.3, -0.25) is 39.0 Å². The van der Waals surface area contributed by atoms with E-state index in [2.05, 4.69) is 10.6 Å². The van der Waals surface area contributed by atoms with Crippen LogP contribution in [0.25, 0.3) is 0 Å². The molecule has 56 heavy (non-hydrogen) atoms. The van der Waals surface area contributed by atoms with Gasteiger partial charge in [-0.25, -0.2) is 0 Å². The third-order valence-corrected chi connectivity index (χ3v) is 8.29. The molecule has 1 fully saturated rings. The zero-order valence-corrected chi connectivity index (χ0v) is 32.4. The maximum Gasteiger partial charge on any atom is 0.308 e. The highest BCUT2D eigenvalue weighted by atomic mass is 16.6. The Kier molecular flexibility index (Phi) is 23.7. The van der Waals surface area contributed by atoms with Crippen molar-refractivity contribution in [2.24, 2.45) is 0 Å². The monoisotopic (exact) mass is 795 g/mol. The highest BCUT2D eigenvalue weighted by Crippen LogP contribution is 2.32. The Hall–Kier alpha value is -3.88. The summed E-state index contributed by atoms with van der Waals surface area (Å²) in [5.74, 6) is -2.99. The van der Waals surface area contributed by atoms with Crippen LogP contribution in [0.3, 0.4) is 0 Å². The zero-order valence-electron chi connectivity index (χ0n) is 32.4. The summed E-state index contributed by atoms with van der Waals surface area (Å²) in [5, 5.41) is 4.90. The van der Waals surface area contributed by atoms with Crippen molar-refractivity contribution < 1.29 is 71.4 Å². The molecule has 5 amide bonds. The molecule has 1 aromatic carbocycles. The molecule has 1 atom stereocenters. The van der Waals surface area contributed by atoms with E-state index < -0.39 is 29.7 Å². The van der Waals surface area contributed by atoms with Crippen LogP contribution in [0.15, 0.2) is 18.2 Å². The molecule has 314 valence electrons. The van der Waals surface area contributed by atoms with Crippen molar-refractivity contribution in [3.05, 3.63) is 29.3 Å². The number of benzene rings is 1.